The summed E-state index contributed by atoms with van der Waals surface area (Å²) in [7, 11) is 0. The maximum absolute atomic E-state index is 5.79. The molecule has 2 aromatic rings. The van der Waals surface area contributed by atoms with Gasteiger partial charge in [-0.2, -0.15) is 5.10 Å². The lowest BCUT2D eigenvalue weighted by Crippen LogP contribution is -2.38. The fourth-order valence-corrected chi connectivity index (χ4v) is 3.21. The summed E-state index contributed by atoms with van der Waals surface area (Å²) in [6.45, 7) is 4.90. The summed E-state index contributed by atoms with van der Waals surface area (Å²) in [6, 6.07) is 6.15. The third-order valence-corrected chi connectivity index (χ3v) is 4.59. The van der Waals surface area contributed by atoms with Gasteiger partial charge in [0.25, 0.3) is 0 Å². The summed E-state index contributed by atoms with van der Waals surface area (Å²) in [5.74, 6) is 4.44. The normalized spacial score (nSPS) is 18.2. The van der Waals surface area contributed by atoms with Crippen LogP contribution in [0.5, 0.6) is 17.2 Å². The van der Waals surface area contributed by atoms with E-state index in [-0.39, 0.29) is 6.79 Å². The summed E-state index contributed by atoms with van der Waals surface area (Å²) < 4.78 is 18.5. The van der Waals surface area contributed by atoms with Crippen molar-refractivity contribution >= 4 is 0 Å². The molecule has 7 heteroatoms. The molecule has 0 amide bonds. The fraction of sp³-hybridized carbons (Fsp3) is 0.556. The van der Waals surface area contributed by atoms with Crippen molar-refractivity contribution in [2.45, 2.75) is 45.2 Å². The zero-order valence-electron chi connectivity index (χ0n) is 14.5. The minimum absolute atomic E-state index is 0.289. The van der Waals surface area contributed by atoms with Gasteiger partial charge in [-0.15, -0.1) is 0 Å². The van der Waals surface area contributed by atoms with Crippen molar-refractivity contribution < 1.29 is 14.2 Å². The summed E-state index contributed by atoms with van der Waals surface area (Å²) in [4.78, 5) is 4.56. The molecular formula is C18H24N4O3. The lowest BCUT2D eigenvalue weighted by Gasteiger charge is -2.23. The van der Waals surface area contributed by atoms with Crippen molar-refractivity contribution in [3.8, 4) is 17.2 Å². The molecule has 1 N–H and O–H groups in total. The van der Waals surface area contributed by atoms with Gasteiger partial charge in [0, 0.05) is 24.9 Å². The number of hydrogen-bond acceptors (Lipinski definition) is 6. The van der Waals surface area contributed by atoms with E-state index < -0.39 is 0 Å². The number of nitrogens with one attached hydrogen (secondary N) is 1. The first kappa shape index (κ1) is 16.2. The first-order valence-corrected chi connectivity index (χ1v) is 9.00. The first-order valence-electron chi connectivity index (χ1n) is 9.00. The SMILES string of the molecule is CCc1nc2n(n1)C[C@@H](NCCCOc1ccc3c(c1)OCO3)CC2. The Balaban J connectivity index is 1.18. The molecule has 0 saturated carbocycles. The second-order valence-electron chi connectivity index (χ2n) is 6.39. The molecular weight excluding hydrogens is 320 g/mol. The minimum Gasteiger partial charge on any atom is -0.493 e. The van der Waals surface area contributed by atoms with E-state index in [1.54, 1.807) is 0 Å². The van der Waals surface area contributed by atoms with Crippen molar-refractivity contribution in [3.05, 3.63) is 29.8 Å². The van der Waals surface area contributed by atoms with Crippen LogP contribution in [0.2, 0.25) is 0 Å². The quantitative estimate of drug-likeness (QED) is 0.774. The highest BCUT2D eigenvalue weighted by Gasteiger charge is 2.20. The van der Waals surface area contributed by atoms with Crippen LogP contribution in [0.3, 0.4) is 0 Å². The van der Waals surface area contributed by atoms with Crippen LogP contribution in [0.1, 0.15) is 31.4 Å². The topological polar surface area (TPSA) is 70.4 Å². The largest absolute Gasteiger partial charge is 0.493 e. The molecule has 1 aromatic heterocycles. The molecule has 1 atom stereocenters. The molecule has 0 bridgehead atoms. The van der Waals surface area contributed by atoms with Crippen LogP contribution in [0.4, 0.5) is 0 Å². The first-order chi connectivity index (χ1) is 12.3. The maximum Gasteiger partial charge on any atom is 0.231 e. The molecule has 134 valence electrons. The van der Waals surface area contributed by atoms with Crippen molar-refractivity contribution in [1.29, 1.82) is 0 Å². The van der Waals surface area contributed by atoms with E-state index in [2.05, 4.69) is 27.0 Å². The molecule has 25 heavy (non-hydrogen) atoms. The molecule has 0 spiro atoms. The maximum atomic E-state index is 5.79. The molecule has 4 rings (SSSR count). The number of aromatic nitrogens is 3. The predicted molar refractivity (Wildman–Crippen MR) is 92.2 cm³/mol. The van der Waals surface area contributed by atoms with Gasteiger partial charge in [-0.05, 0) is 31.5 Å². The Bertz CT molecular complexity index is 731. The smallest absolute Gasteiger partial charge is 0.231 e. The van der Waals surface area contributed by atoms with Gasteiger partial charge in [-0.1, -0.05) is 6.92 Å². The fourth-order valence-electron chi connectivity index (χ4n) is 3.21. The highest BCUT2D eigenvalue weighted by atomic mass is 16.7. The molecule has 0 aliphatic carbocycles. The van der Waals surface area contributed by atoms with Crippen LogP contribution in [0.15, 0.2) is 18.2 Å². The van der Waals surface area contributed by atoms with Crippen LogP contribution in [-0.4, -0.2) is 40.8 Å². The van der Waals surface area contributed by atoms with Crippen LogP contribution in [-0.2, 0) is 19.4 Å². The Labute approximate surface area is 147 Å². The number of rotatable bonds is 7. The third-order valence-electron chi connectivity index (χ3n) is 4.59. The van der Waals surface area contributed by atoms with Crippen molar-refractivity contribution in [1.82, 2.24) is 20.1 Å². The molecule has 0 radical (unpaired) electrons. The van der Waals surface area contributed by atoms with E-state index >= 15 is 0 Å². The van der Waals surface area contributed by atoms with E-state index in [1.165, 1.54) is 0 Å². The highest BCUT2D eigenvalue weighted by Crippen LogP contribution is 2.35. The van der Waals surface area contributed by atoms with E-state index in [0.29, 0.717) is 12.6 Å². The molecule has 0 fully saturated rings. The molecule has 7 nitrogen and oxygen atoms in total. The number of ether oxygens (including phenoxy) is 3. The number of benzene rings is 1. The molecule has 0 unspecified atom stereocenters. The lowest BCUT2D eigenvalue weighted by atomic mass is 10.1. The number of nitrogens with zero attached hydrogens (tertiary/aromatic N) is 3. The van der Waals surface area contributed by atoms with E-state index in [0.717, 1.165) is 67.7 Å². The summed E-state index contributed by atoms with van der Waals surface area (Å²) in [6.07, 6.45) is 3.97. The third kappa shape index (κ3) is 3.71. The van der Waals surface area contributed by atoms with Gasteiger partial charge in [0.05, 0.1) is 13.2 Å². The van der Waals surface area contributed by atoms with Crippen molar-refractivity contribution in [3.63, 3.8) is 0 Å². The zero-order valence-corrected chi connectivity index (χ0v) is 14.5. The average molecular weight is 344 g/mol. The standard InChI is InChI=1S/C18H24N4O3/c1-2-17-20-18-7-4-13(11-22(18)21-17)19-8-3-9-23-14-5-6-15-16(10-14)25-12-24-15/h5-6,10,13,19H,2-4,7-9,11-12H2,1H3/t13-/m0/s1. The molecule has 1 aromatic carbocycles. The molecule has 2 aliphatic heterocycles. The Morgan fingerprint density at radius 1 is 1.32 bits per heavy atom. The van der Waals surface area contributed by atoms with Crippen molar-refractivity contribution in [2.75, 3.05) is 19.9 Å². The summed E-state index contributed by atoms with van der Waals surface area (Å²) >= 11 is 0. The predicted octanol–water partition coefficient (Wildman–Crippen LogP) is 1.94. The summed E-state index contributed by atoms with van der Waals surface area (Å²) in [5.41, 5.74) is 0. The second-order valence-corrected chi connectivity index (χ2v) is 6.39. The lowest BCUT2D eigenvalue weighted by molar-refractivity contribution is 0.173. The van der Waals surface area contributed by atoms with Gasteiger partial charge in [0.1, 0.15) is 11.6 Å². The number of aryl methyl sites for hydroxylation is 2. The van der Waals surface area contributed by atoms with Crippen LogP contribution < -0.4 is 19.5 Å². The van der Waals surface area contributed by atoms with Gasteiger partial charge < -0.3 is 19.5 Å². The van der Waals surface area contributed by atoms with Crippen LogP contribution in [0.25, 0.3) is 0 Å². The van der Waals surface area contributed by atoms with E-state index in [1.807, 2.05) is 18.2 Å². The van der Waals surface area contributed by atoms with E-state index in [4.69, 9.17) is 14.2 Å². The Morgan fingerprint density at radius 2 is 2.24 bits per heavy atom. The summed E-state index contributed by atoms with van der Waals surface area (Å²) in [5, 5.41) is 8.16. The van der Waals surface area contributed by atoms with E-state index in [9.17, 15) is 0 Å². The Morgan fingerprint density at radius 3 is 3.16 bits per heavy atom. The monoisotopic (exact) mass is 344 g/mol. The number of fused-ring (bicyclic) bond motifs is 2. The van der Waals surface area contributed by atoms with Gasteiger partial charge in [0.2, 0.25) is 6.79 Å². The second kappa shape index (κ2) is 7.31. The highest BCUT2D eigenvalue weighted by molar-refractivity contribution is 5.46. The van der Waals surface area contributed by atoms with Crippen LogP contribution >= 0.6 is 0 Å². The van der Waals surface area contributed by atoms with Gasteiger partial charge in [0.15, 0.2) is 17.3 Å². The van der Waals surface area contributed by atoms with Gasteiger partial charge in [-0.25, -0.2) is 9.67 Å². The number of hydrogen-bond donors (Lipinski definition) is 1. The van der Waals surface area contributed by atoms with Gasteiger partial charge in [-0.3, -0.25) is 0 Å². The minimum atomic E-state index is 0.289. The van der Waals surface area contributed by atoms with Gasteiger partial charge >= 0.3 is 0 Å². The Kier molecular flexibility index (Phi) is 4.74. The zero-order chi connectivity index (χ0) is 17.1. The Hall–Kier alpha value is -2.28. The molecule has 0 saturated heterocycles. The molecule has 2 aliphatic rings. The van der Waals surface area contributed by atoms with Crippen molar-refractivity contribution in [2.24, 2.45) is 0 Å². The molecule has 3 heterocycles. The van der Waals surface area contributed by atoms with Crippen LogP contribution in [0, 0.1) is 0 Å². The average Bonchev–Trinajstić information content (AvgIpc) is 3.26.